The summed E-state index contributed by atoms with van der Waals surface area (Å²) in [5, 5.41) is 10.5. The molecule has 138 valence electrons. The number of nitriles is 1. The zero-order valence-corrected chi connectivity index (χ0v) is 15.9. The Hall–Kier alpha value is -3.18. The van der Waals surface area contributed by atoms with Crippen molar-refractivity contribution in [2.75, 3.05) is 22.4 Å². The highest BCUT2D eigenvalue weighted by Gasteiger charge is 2.17. The van der Waals surface area contributed by atoms with Crippen molar-refractivity contribution < 1.29 is 8.42 Å². The van der Waals surface area contributed by atoms with Gasteiger partial charge < -0.3 is 4.90 Å². The first-order chi connectivity index (χ1) is 12.9. The number of rotatable bonds is 6. The van der Waals surface area contributed by atoms with E-state index >= 15 is 0 Å². The summed E-state index contributed by atoms with van der Waals surface area (Å²) in [4.78, 5) is 10.1. The van der Waals surface area contributed by atoms with Crippen molar-refractivity contribution >= 4 is 38.0 Å². The Kier molecular flexibility index (Phi) is 5.23. The average molecular weight is 381 g/mol. The summed E-state index contributed by atoms with van der Waals surface area (Å²) in [5.41, 5.74) is 2.81. The molecule has 1 aromatic heterocycles. The molecule has 7 nitrogen and oxygen atoms in total. The molecule has 3 rings (SSSR count). The highest BCUT2D eigenvalue weighted by atomic mass is 32.2. The van der Waals surface area contributed by atoms with Crippen LogP contribution >= 0.6 is 0 Å². The van der Waals surface area contributed by atoms with Gasteiger partial charge in [0.15, 0.2) is 0 Å². The lowest BCUT2D eigenvalue weighted by Crippen LogP contribution is -2.18. The normalized spacial score (nSPS) is 11.1. The second kappa shape index (κ2) is 7.60. The minimum atomic E-state index is -3.49. The van der Waals surface area contributed by atoms with Crippen LogP contribution in [-0.4, -0.2) is 31.2 Å². The van der Waals surface area contributed by atoms with E-state index in [-0.39, 0.29) is 17.0 Å². The summed E-state index contributed by atoms with van der Waals surface area (Å²) >= 11 is 0. The van der Waals surface area contributed by atoms with Gasteiger partial charge in [-0.3, -0.25) is 4.72 Å². The number of anilines is 3. The number of fused-ring (bicyclic) bond motifs is 1. The van der Waals surface area contributed by atoms with Gasteiger partial charge in [0.2, 0.25) is 10.0 Å². The Bertz CT molecular complexity index is 1120. The van der Waals surface area contributed by atoms with Crippen LogP contribution in [0, 0.1) is 11.3 Å². The van der Waals surface area contributed by atoms with Crippen molar-refractivity contribution in [3.8, 4) is 6.07 Å². The summed E-state index contributed by atoms with van der Waals surface area (Å²) in [5.74, 6) is 0.00259. The van der Waals surface area contributed by atoms with Crippen LogP contribution in [0.1, 0.15) is 18.9 Å². The van der Waals surface area contributed by atoms with E-state index in [1.807, 2.05) is 30.1 Å². The average Bonchev–Trinajstić information content (AvgIpc) is 2.66. The van der Waals surface area contributed by atoms with Crippen LogP contribution in [-0.2, 0) is 10.0 Å². The molecule has 1 N–H and O–H groups in total. The predicted octanol–water partition coefficient (Wildman–Crippen LogP) is 3.42. The maximum Gasteiger partial charge on any atom is 0.232 e. The number of sulfonamides is 1. The molecule has 0 radical (unpaired) electrons. The third kappa shape index (κ3) is 3.99. The van der Waals surface area contributed by atoms with E-state index in [0.29, 0.717) is 12.1 Å². The van der Waals surface area contributed by atoms with Gasteiger partial charge in [-0.1, -0.05) is 13.0 Å². The molecule has 3 aromatic rings. The fraction of sp³-hybridized carbons (Fsp3) is 0.211. The van der Waals surface area contributed by atoms with E-state index in [9.17, 15) is 13.7 Å². The first-order valence-electron chi connectivity index (χ1n) is 8.42. The minimum absolute atomic E-state index is 0.00259. The van der Waals surface area contributed by atoms with Gasteiger partial charge in [0, 0.05) is 24.3 Å². The van der Waals surface area contributed by atoms with E-state index in [0.717, 1.165) is 16.6 Å². The lowest BCUT2D eigenvalue weighted by molar-refractivity contribution is 0.600. The maximum atomic E-state index is 12.1. The molecule has 0 aliphatic heterocycles. The molecule has 1 heterocycles. The van der Waals surface area contributed by atoms with Crippen LogP contribution in [0.25, 0.3) is 10.9 Å². The van der Waals surface area contributed by atoms with E-state index < -0.39 is 10.0 Å². The third-order valence-electron chi connectivity index (χ3n) is 4.13. The molecule has 27 heavy (non-hydrogen) atoms. The van der Waals surface area contributed by atoms with Gasteiger partial charge in [0.05, 0.1) is 28.2 Å². The first kappa shape index (κ1) is 18.6. The van der Waals surface area contributed by atoms with Crippen LogP contribution in [0.3, 0.4) is 0 Å². The Balaban J connectivity index is 2.02. The van der Waals surface area contributed by atoms with Crippen LogP contribution in [0.2, 0.25) is 0 Å². The zero-order chi connectivity index (χ0) is 19.4. The lowest BCUT2D eigenvalue weighted by atomic mass is 10.1. The molecule has 0 spiro atoms. The zero-order valence-electron chi connectivity index (χ0n) is 15.0. The summed E-state index contributed by atoms with van der Waals surface area (Å²) in [6, 6.07) is 12.9. The molecule has 0 saturated carbocycles. The second-order valence-electron chi connectivity index (χ2n) is 6.06. The van der Waals surface area contributed by atoms with Crippen molar-refractivity contribution in [2.24, 2.45) is 0 Å². The molecule has 0 aliphatic carbocycles. The van der Waals surface area contributed by atoms with Crippen LogP contribution in [0.5, 0.6) is 0 Å². The Labute approximate surface area is 158 Å². The maximum absolute atomic E-state index is 12.1. The monoisotopic (exact) mass is 381 g/mol. The number of benzene rings is 2. The molecular formula is C19H19N5O2S. The van der Waals surface area contributed by atoms with Crippen LogP contribution in [0.4, 0.5) is 17.1 Å². The third-order valence-corrected chi connectivity index (χ3v) is 5.61. The smallest absolute Gasteiger partial charge is 0.232 e. The van der Waals surface area contributed by atoms with Crippen LogP contribution in [0.15, 0.2) is 48.9 Å². The van der Waals surface area contributed by atoms with Gasteiger partial charge in [-0.05, 0) is 36.8 Å². The van der Waals surface area contributed by atoms with Gasteiger partial charge in [-0.2, -0.15) is 5.26 Å². The summed E-state index contributed by atoms with van der Waals surface area (Å²) < 4.78 is 26.8. The standard InChI is InChI=1S/C19H19N5O2S/c1-3-9-27(25,26)23-18-5-4-6-19(16(18)11-20)24(2)15-7-8-17-14(10-15)12-21-13-22-17/h4-8,10,12-13,23H,3,9H2,1-2H3. The summed E-state index contributed by atoms with van der Waals surface area (Å²) in [7, 11) is -1.66. The van der Waals surface area contributed by atoms with E-state index in [1.165, 1.54) is 6.33 Å². The fourth-order valence-electron chi connectivity index (χ4n) is 2.83. The highest BCUT2D eigenvalue weighted by Crippen LogP contribution is 2.32. The highest BCUT2D eigenvalue weighted by molar-refractivity contribution is 7.92. The summed E-state index contributed by atoms with van der Waals surface area (Å²) in [6.45, 7) is 1.79. The number of nitrogens with zero attached hydrogens (tertiary/aromatic N) is 4. The Morgan fingerprint density at radius 3 is 2.81 bits per heavy atom. The SMILES string of the molecule is CCCS(=O)(=O)Nc1cccc(N(C)c2ccc3ncncc3c2)c1C#N. The molecule has 2 aromatic carbocycles. The molecule has 0 bridgehead atoms. The van der Waals surface area contributed by atoms with Gasteiger partial charge in [0.1, 0.15) is 12.4 Å². The van der Waals surface area contributed by atoms with Crippen molar-refractivity contribution in [2.45, 2.75) is 13.3 Å². The fourth-order valence-corrected chi connectivity index (χ4v) is 3.97. The van der Waals surface area contributed by atoms with E-state index in [1.54, 1.807) is 31.3 Å². The van der Waals surface area contributed by atoms with Crippen molar-refractivity contribution in [3.05, 3.63) is 54.5 Å². The van der Waals surface area contributed by atoms with E-state index in [2.05, 4.69) is 20.8 Å². The van der Waals surface area contributed by atoms with Gasteiger partial charge >= 0.3 is 0 Å². The summed E-state index contributed by atoms with van der Waals surface area (Å²) in [6.07, 6.45) is 3.71. The lowest BCUT2D eigenvalue weighted by Gasteiger charge is -2.22. The molecular weight excluding hydrogens is 362 g/mol. The second-order valence-corrected chi connectivity index (χ2v) is 7.90. The van der Waals surface area contributed by atoms with E-state index in [4.69, 9.17) is 0 Å². The van der Waals surface area contributed by atoms with Crippen molar-refractivity contribution in [3.63, 3.8) is 0 Å². The van der Waals surface area contributed by atoms with Crippen molar-refractivity contribution in [1.82, 2.24) is 9.97 Å². The molecule has 0 amide bonds. The number of nitrogens with one attached hydrogen (secondary N) is 1. The van der Waals surface area contributed by atoms with Crippen molar-refractivity contribution in [1.29, 1.82) is 5.26 Å². The van der Waals surface area contributed by atoms with Gasteiger partial charge in [0.25, 0.3) is 0 Å². The first-order valence-corrected chi connectivity index (χ1v) is 10.1. The Morgan fingerprint density at radius 2 is 2.07 bits per heavy atom. The minimum Gasteiger partial charge on any atom is -0.343 e. The topological polar surface area (TPSA) is 99.0 Å². The molecule has 0 aliphatic rings. The number of hydrogen-bond acceptors (Lipinski definition) is 6. The number of hydrogen-bond donors (Lipinski definition) is 1. The van der Waals surface area contributed by atoms with Crippen LogP contribution < -0.4 is 9.62 Å². The number of aromatic nitrogens is 2. The van der Waals surface area contributed by atoms with Gasteiger partial charge in [-0.15, -0.1) is 0 Å². The quantitative estimate of drug-likeness (QED) is 0.702. The van der Waals surface area contributed by atoms with Gasteiger partial charge in [-0.25, -0.2) is 18.4 Å². The molecule has 8 heteroatoms. The molecule has 0 unspecified atom stereocenters. The molecule has 0 saturated heterocycles. The predicted molar refractivity (Wildman–Crippen MR) is 106 cm³/mol. The largest absolute Gasteiger partial charge is 0.343 e. The Morgan fingerprint density at radius 1 is 1.26 bits per heavy atom. The molecule has 0 fully saturated rings. The molecule has 0 atom stereocenters.